The fourth-order valence-electron chi connectivity index (χ4n) is 1.86. The quantitative estimate of drug-likeness (QED) is 0.737. The Hall–Kier alpha value is -2.22. The highest BCUT2D eigenvalue weighted by Gasteiger charge is 2.05. The van der Waals surface area contributed by atoms with Crippen LogP contribution < -0.4 is 11.1 Å². The van der Waals surface area contributed by atoms with E-state index < -0.39 is 0 Å². The molecule has 3 rings (SSSR count). The average Bonchev–Trinajstić information content (AvgIpc) is 3.07. The summed E-state index contributed by atoms with van der Waals surface area (Å²) in [6, 6.07) is 1.82. The van der Waals surface area contributed by atoms with Gasteiger partial charge in [0.15, 0.2) is 5.65 Å². The third-order valence-electron chi connectivity index (χ3n) is 2.93. The lowest BCUT2D eigenvalue weighted by Gasteiger charge is -2.06. The van der Waals surface area contributed by atoms with E-state index in [0.29, 0.717) is 17.4 Å². The summed E-state index contributed by atoms with van der Waals surface area (Å²) in [5, 5.41) is 14.2. The Morgan fingerprint density at radius 2 is 2.30 bits per heavy atom. The van der Waals surface area contributed by atoms with Crippen molar-refractivity contribution in [2.24, 2.45) is 0 Å². The van der Waals surface area contributed by atoms with Crippen LogP contribution in [-0.4, -0.2) is 31.1 Å². The average molecular weight is 289 g/mol. The second-order valence-corrected chi connectivity index (χ2v) is 5.26. The minimum absolute atomic E-state index is 0.373. The van der Waals surface area contributed by atoms with Gasteiger partial charge in [-0.2, -0.15) is 4.98 Å². The number of nitrogens with zero attached hydrogens (tertiary/aromatic N) is 5. The molecule has 3 heterocycles. The van der Waals surface area contributed by atoms with Gasteiger partial charge in [0.25, 0.3) is 0 Å². The van der Waals surface area contributed by atoms with E-state index in [2.05, 4.69) is 37.8 Å². The lowest BCUT2D eigenvalue weighted by molar-refractivity contribution is 0.952. The summed E-state index contributed by atoms with van der Waals surface area (Å²) in [6.07, 6.45) is 3.39. The molecular weight excluding hydrogens is 274 g/mol. The van der Waals surface area contributed by atoms with Crippen LogP contribution in [0.2, 0.25) is 0 Å². The first kappa shape index (κ1) is 12.8. The molecule has 0 aliphatic rings. The molecule has 0 unspecified atom stereocenters. The maximum atomic E-state index is 5.83. The van der Waals surface area contributed by atoms with Crippen molar-refractivity contribution in [1.82, 2.24) is 24.6 Å². The highest BCUT2D eigenvalue weighted by atomic mass is 32.1. The van der Waals surface area contributed by atoms with Crippen LogP contribution in [0.25, 0.3) is 5.65 Å². The highest BCUT2D eigenvalue weighted by Crippen LogP contribution is 2.13. The van der Waals surface area contributed by atoms with Crippen molar-refractivity contribution >= 4 is 28.8 Å². The number of fused-ring (bicyclic) bond motifs is 1. The molecule has 0 atom stereocenters. The molecule has 0 bridgehead atoms. The fourth-order valence-corrected chi connectivity index (χ4v) is 2.75. The predicted molar refractivity (Wildman–Crippen MR) is 78.9 cm³/mol. The first-order valence-corrected chi connectivity index (χ1v) is 7.27. The zero-order chi connectivity index (χ0) is 13.9. The first-order chi connectivity index (χ1) is 9.76. The molecule has 3 aromatic rings. The van der Waals surface area contributed by atoms with Gasteiger partial charge in [-0.05, 0) is 6.42 Å². The van der Waals surface area contributed by atoms with Crippen LogP contribution in [0.5, 0.6) is 0 Å². The maximum Gasteiger partial charge on any atom is 0.209 e. The Balaban J connectivity index is 1.64. The van der Waals surface area contributed by atoms with E-state index in [1.54, 1.807) is 22.1 Å². The minimum atomic E-state index is 0.373. The topological polar surface area (TPSA) is 94.0 Å². The van der Waals surface area contributed by atoms with Gasteiger partial charge in [-0.25, -0.2) is 4.98 Å². The van der Waals surface area contributed by atoms with Crippen molar-refractivity contribution in [3.8, 4) is 0 Å². The number of hydrogen-bond donors (Lipinski definition) is 2. The predicted octanol–water partition coefficient (Wildman–Crippen LogP) is 1.38. The SMILES string of the molecule is CCc1csc(CCNc2cc3nncn3c(N)n2)n1. The molecule has 0 radical (unpaired) electrons. The number of rotatable bonds is 5. The zero-order valence-electron chi connectivity index (χ0n) is 11.1. The molecule has 0 spiro atoms. The van der Waals surface area contributed by atoms with E-state index >= 15 is 0 Å². The van der Waals surface area contributed by atoms with Crippen LogP contribution in [0.4, 0.5) is 11.8 Å². The zero-order valence-corrected chi connectivity index (χ0v) is 11.9. The highest BCUT2D eigenvalue weighted by molar-refractivity contribution is 7.09. The molecule has 8 heteroatoms. The second-order valence-electron chi connectivity index (χ2n) is 4.32. The maximum absolute atomic E-state index is 5.83. The Labute approximate surface area is 119 Å². The number of nitrogens with one attached hydrogen (secondary N) is 1. The molecule has 0 fully saturated rings. The molecule has 0 aromatic carbocycles. The number of nitrogens with two attached hydrogens (primary N) is 1. The number of thiazole rings is 1. The van der Waals surface area contributed by atoms with Gasteiger partial charge in [0.2, 0.25) is 5.95 Å². The lowest BCUT2D eigenvalue weighted by Crippen LogP contribution is -2.09. The van der Waals surface area contributed by atoms with Gasteiger partial charge in [-0.3, -0.25) is 4.40 Å². The lowest BCUT2D eigenvalue weighted by atomic mass is 10.4. The van der Waals surface area contributed by atoms with Gasteiger partial charge in [-0.1, -0.05) is 6.92 Å². The van der Waals surface area contributed by atoms with Crippen LogP contribution in [0.3, 0.4) is 0 Å². The monoisotopic (exact) mass is 289 g/mol. The van der Waals surface area contributed by atoms with E-state index in [9.17, 15) is 0 Å². The van der Waals surface area contributed by atoms with Gasteiger partial charge >= 0.3 is 0 Å². The van der Waals surface area contributed by atoms with Gasteiger partial charge in [0.05, 0.1) is 10.7 Å². The molecule has 0 saturated carbocycles. The number of aromatic nitrogens is 5. The summed E-state index contributed by atoms with van der Waals surface area (Å²) in [5.74, 6) is 1.08. The Bertz CT molecular complexity index is 717. The van der Waals surface area contributed by atoms with Crippen molar-refractivity contribution in [2.75, 3.05) is 17.6 Å². The number of anilines is 2. The summed E-state index contributed by atoms with van der Waals surface area (Å²) in [4.78, 5) is 8.78. The second kappa shape index (κ2) is 5.41. The summed E-state index contributed by atoms with van der Waals surface area (Å²) in [6.45, 7) is 2.87. The molecule has 0 amide bonds. The molecule has 0 saturated heterocycles. The number of hydrogen-bond acceptors (Lipinski definition) is 7. The molecule has 0 aliphatic heterocycles. The molecule has 0 aliphatic carbocycles. The van der Waals surface area contributed by atoms with Crippen molar-refractivity contribution in [2.45, 2.75) is 19.8 Å². The summed E-state index contributed by atoms with van der Waals surface area (Å²) < 4.78 is 1.64. The van der Waals surface area contributed by atoms with Gasteiger partial charge in [0.1, 0.15) is 12.1 Å². The van der Waals surface area contributed by atoms with E-state index in [1.807, 2.05) is 6.07 Å². The van der Waals surface area contributed by atoms with Crippen molar-refractivity contribution in [1.29, 1.82) is 0 Å². The van der Waals surface area contributed by atoms with Gasteiger partial charge in [-0.15, -0.1) is 21.5 Å². The van der Waals surface area contributed by atoms with Crippen LogP contribution >= 0.6 is 11.3 Å². The molecule has 3 aromatic heterocycles. The van der Waals surface area contributed by atoms with E-state index in [-0.39, 0.29) is 0 Å². The van der Waals surface area contributed by atoms with Gasteiger partial charge in [0, 0.05) is 24.4 Å². The smallest absolute Gasteiger partial charge is 0.209 e. The normalized spacial score (nSPS) is 11.1. The minimum Gasteiger partial charge on any atom is -0.369 e. The van der Waals surface area contributed by atoms with Crippen LogP contribution in [-0.2, 0) is 12.8 Å². The molecule has 20 heavy (non-hydrogen) atoms. The fraction of sp³-hybridized carbons (Fsp3) is 0.333. The molecular formula is C12H15N7S. The Kier molecular flexibility index (Phi) is 3.46. The number of nitrogen functional groups attached to an aromatic ring is 1. The van der Waals surface area contributed by atoms with Crippen LogP contribution in [0.15, 0.2) is 17.8 Å². The van der Waals surface area contributed by atoms with Crippen molar-refractivity contribution < 1.29 is 0 Å². The molecule has 7 nitrogen and oxygen atoms in total. The number of aryl methyl sites for hydroxylation is 1. The summed E-state index contributed by atoms with van der Waals surface area (Å²) >= 11 is 1.69. The Morgan fingerprint density at radius 1 is 1.40 bits per heavy atom. The third kappa shape index (κ3) is 2.55. The van der Waals surface area contributed by atoms with E-state index in [4.69, 9.17) is 5.73 Å². The third-order valence-corrected chi connectivity index (χ3v) is 3.89. The standard InChI is InChI=1S/C12H15N7S/c1-2-8-6-20-11(16-8)3-4-14-9-5-10-18-15-7-19(10)12(13)17-9/h5-7,14H,2-4H2,1H3,(H2,13,17). The summed E-state index contributed by atoms with van der Waals surface area (Å²) in [7, 11) is 0. The van der Waals surface area contributed by atoms with E-state index in [1.165, 1.54) is 0 Å². The van der Waals surface area contributed by atoms with Gasteiger partial charge < -0.3 is 11.1 Å². The van der Waals surface area contributed by atoms with Crippen LogP contribution in [0, 0.1) is 0 Å². The molecule has 3 N–H and O–H groups in total. The first-order valence-electron chi connectivity index (χ1n) is 6.39. The largest absolute Gasteiger partial charge is 0.369 e. The van der Waals surface area contributed by atoms with Crippen molar-refractivity contribution in [3.63, 3.8) is 0 Å². The Morgan fingerprint density at radius 3 is 3.10 bits per heavy atom. The van der Waals surface area contributed by atoms with E-state index in [0.717, 1.165) is 30.1 Å². The molecule has 104 valence electrons. The van der Waals surface area contributed by atoms with Crippen LogP contribution in [0.1, 0.15) is 17.6 Å². The summed E-state index contributed by atoms with van der Waals surface area (Å²) in [5.41, 5.74) is 7.66. The van der Waals surface area contributed by atoms with Crippen molar-refractivity contribution in [3.05, 3.63) is 28.5 Å².